The highest BCUT2D eigenvalue weighted by atomic mass is 35.5. The molecular weight excluding hydrogens is 326 g/mol. The molecule has 0 unspecified atom stereocenters. The summed E-state index contributed by atoms with van der Waals surface area (Å²) in [6, 6.07) is 5.51. The van der Waals surface area contributed by atoms with Crippen LogP contribution < -0.4 is 4.74 Å². The molecule has 124 valence electrons. The van der Waals surface area contributed by atoms with E-state index in [1.807, 2.05) is 33.6 Å². The standard InChI is InChI=1S/C17H18ClN5O/c1-11(22-8-7-19-10-22)17-20-16(12-3-4-12)21-23(17)14-9-13(18)5-6-15(14)24-2/h5-12H,3-4H2,1-2H3/t11-/m1/s1. The molecule has 1 aliphatic rings. The second kappa shape index (κ2) is 5.94. The van der Waals surface area contributed by atoms with E-state index in [1.54, 1.807) is 19.6 Å². The van der Waals surface area contributed by atoms with Crippen LogP contribution in [0.3, 0.4) is 0 Å². The summed E-state index contributed by atoms with van der Waals surface area (Å²) < 4.78 is 9.36. The Morgan fingerprint density at radius 3 is 2.83 bits per heavy atom. The first-order valence-corrected chi connectivity index (χ1v) is 8.33. The number of imidazole rings is 1. The molecule has 1 atom stereocenters. The van der Waals surface area contributed by atoms with E-state index >= 15 is 0 Å². The van der Waals surface area contributed by atoms with Crippen LogP contribution in [0.25, 0.3) is 5.69 Å². The average Bonchev–Trinajstić information content (AvgIpc) is 3.13. The van der Waals surface area contributed by atoms with Crippen LogP contribution in [0, 0.1) is 0 Å². The average molecular weight is 344 g/mol. The van der Waals surface area contributed by atoms with Crippen molar-refractivity contribution in [2.45, 2.75) is 31.7 Å². The summed E-state index contributed by atoms with van der Waals surface area (Å²) in [6.07, 6.45) is 7.77. The second-order valence-electron chi connectivity index (χ2n) is 6.02. The van der Waals surface area contributed by atoms with Crippen molar-refractivity contribution in [3.63, 3.8) is 0 Å². The van der Waals surface area contributed by atoms with Crippen molar-refractivity contribution in [3.05, 3.63) is 53.6 Å². The minimum Gasteiger partial charge on any atom is -0.494 e. The third-order valence-electron chi connectivity index (χ3n) is 4.31. The summed E-state index contributed by atoms with van der Waals surface area (Å²) in [7, 11) is 1.64. The van der Waals surface area contributed by atoms with Gasteiger partial charge in [-0.05, 0) is 38.0 Å². The summed E-state index contributed by atoms with van der Waals surface area (Å²) >= 11 is 6.20. The molecule has 0 amide bonds. The Hall–Kier alpha value is -2.34. The molecule has 6 nitrogen and oxygen atoms in total. The Balaban J connectivity index is 1.86. The van der Waals surface area contributed by atoms with E-state index in [1.165, 1.54) is 0 Å². The van der Waals surface area contributed by atoms with Crippen LogP contribution >= 0.6 is 11.6 Å². The van der Waals surface area contributed by atoms with Gasteiger partial charge < -0.3 is 9.30 Å². The van der Waals surface area contributed by atoms with Crippen LogP contribution in [-0.2, 0) is 0 Å². The molecule has 1 fully saturated rings. The van der Waals surface area contributed by atoms with Crippen LogP contribution in [0.5, 0.6) is 5.75 Å². The molecule has 0 spiro atoms. The van der Waals surface area contributed by atoms with Crippen molar-refractivity contribution in [2.24, 2.45) is 0 Å². The van der Waals surface area contributed by atoms with Crippen molar-refractivity contribution in [1.82, 2.24) is 24.3 Å². The Labute approximate surface area is 145 Å². The lowest BCUT2D eigenvalue weighted by Gasteiger charge is -2.15. The Morgan fingerprint density at radius 1 is 1.33 bits per heavy atom. The smallest absolute Gasteiger partial charge is 0.155 e. The van der Waals surface area contributed by atoms with Gasteiger partial charge in [0.2, 0.25) is 0 Å². The fraction of sp³-hybridized carbons (Fsp3) is 0.353. The van der Waals surface area contributed by atoms with E-state index in [-0.39, 0.29) is 6.04 Å². The minimum absolute atomic E-state index is 0.00353. The van der Waals surface area contributed by atoms with Crippen LogP contribution in [0.15, 0.2) is 36.9 Å². The molecule has 0 aliphatic heterocycles. The molecule has 1 saturated carbocycles. The molecule has 0 radical (unpaired) electrons. The number of benzene rings is 1. The zero-order chi connectivity index (χ0) is 16.7. The van der Waals surface area contributed by atoms with Gasteiger partial charge in [-0.1, -0.05) is 11.6 Å². The molecule has 0 bridgehead atoms. The quantitative estimate of drug-likeness (QED) is 0.710. The van der Waals surface area contributed by atoms with Crippen LogP contribution in [0.4, 0.5) is 0 Å². The topological polar surface area (TPSA) is 57.8 Å². The normalized spacial score (nSPS) is 15.5. The summed E-state index contributed by atoms with van der Waals surface area (Å²) in [5, 5.41) is 5.39. The van der Waals surface area contributed by atoms with E-state index in [0.29, 0.717) is 16.7 Å². The molecule has 1 aliphatic carbocycles. The summed E-state index contributed by atoms with van der Waals surface area (Å²) in [4.78, 5) is 8.95. The Kier molecular flexibility index (Phi) is 3.76. The fourth-order valence-electron chi connectivity index (χ4n) is 2.76. The lowest BCUT2D eigenvalue weighted by molar-refractivity contribution is 0.410. The molecular formula is C17H18ClN5O. The first kappa shape index (κ1) is 15.2. The molecule has 7 heteroatoms. The molecule has 0 saturated heterocycles. The van der Waals surface area contributed by atoms with E-state index in [0.717, 1.165) is 30.2 Å². The first-order chi connectivity index (χ1) is 11.7. The van der Waals surface area contributed by atoms with Crippen LogP contribution in [0.1, 0.15) is 43.4 Å². The molecule has 24 heavy (non-hydrogen) atoms. The largest absolute Gasteiger partial charge is 0.494 e. The minimum atomic E-state index is -0.00353. The monoisotopic (exact) mass is 343 g/mol. The predicted molar refractivity (Wildman–Crippen MR) is 90.9 cm³/mol. The number of rotatable bonds is 5. The maximum absolute atomic E-state index is 6.20. The van der Waals surface area contributed by atoms with Gasteiger partial charge in [0, 0.05) is 23.3 Å². The van der Waals surface area contributed by atoms with Crippen molar-refractivity contribution < 1.29 is 4.74 Å². The van der Waals surface area contributed by atoms with Crippen LogP contribution in [0.2, 0.25) is 5.02 Å². The molecule has 0 N–H and O–H groups in total. The zero-order valence-corrected chi connectivity index (χ0v) is 14.3. The van der Waals surface area contributed by atoms with E-state index in [9.17, 15) is 0 Å². The van der Waals surface area contributed by atoms with Crippen molar-refractivity contribution in [3.8, 4) is 11.4 Å². The first-order valence-electron chi connectivity index (χ1n) is 7.95. The van der Waals surface area contributed by atoms with Crippen molar-refractivity contribution >= 4 is 11.6 Å². The van der Waals surface area contributed by atoms with E-state index in [2.05, 4.69) is 11.9 Å². The highest BCUT2D eigenvalue weighted by Crippen LogP contribution is 2.39. The van der Waals surface area contributed by atoms with Gasteiger partial charge in [0.15, 0.2) is 11.6 Å². The maximum atomic E-state index is 6.20. The number of methoxy groups -OCH3 is 1. The fourth-order valence-corrected chi connectivity index (χ4v) is 2.93. The molecule has 3 aromatic rings. The number of hydrogen-bond donors (Lipinski definition) is 0. The summed E-state index contributed by atoms with van der Waals surface area (Å²) in [6.45, 7) is 2.08. The molecule has 2 aromatic heterocycles. The number of ether oxygens (including phenoxy) is 1. The lowest BCUT2D eigenvalue weighted by Crippen LogP contribution is -2.13. The number of aromatic nitrogens is 5. The Morgan fingerprint density at radius 2 is 2.17 bits per heavy atom. The summed E-state index contributed by atoms with van der Waals surface area (Å²) in [5.41, 5.74) is 0.798. The van der Waals surface area contributed by atoms with Gasteiger partial charge in [-0.25, -0.2) is 14.6 Å². The van der Waals surface area contributed by atoms with Gasteiger partial charge in [-0.3, -0.25) is 0 Å². The van der Waals surface area contributed by atoms with Gasteiger partial charge in [0.05, 0.1) is 19.5 Å². The third-order valence-corrected chi connectivity index (χ3v) is 4.54. The highest BCUT2D eigenvalue weighted by Gasteiger charge is 2.31. The third kappa shape index (κ3) is 2.67. The molecule has 1 aromatic carbocycles. The SMILES string of the molecule is COc1ccc(Cl)cc1-n1nc(C2CC2)nc1[C@@H](C)n1ccnc1. The molecule has 4 rings (SSSR count). The zero-order valence-electron chi connectivity index (χ0n) is 13.6. The van der Waals surface area contributed by atoms with Gasteiger partial charge in [0.1, 0.15) is 11.4 Å². The lowest BCUT2D eigenvalue weighted by atomic mass is 10.2. The summed E-state index contributed by atoms with van der Waals surface area (Å²) in [5.74, 6) is 2.91. The van der Waals surface area contributed by atoms with Gasteiger partial charge >= 0.3 is 0 Å². The second-order valence-corrected chi connectivity index (χ2v) is 6.45. The highest BCUT2D eigenvalue weighted by molar-refractivity contribution is 6.30. The van der Waals surface area contributed by atoms with Crippen LogP contribution in [-0.4, -0.2) is 31.4 Å². The van der Waals surface area contributed by atoms with E-state index < -0.39 is 0 Å². The maximum Gasteiger partial charge on any atom is 0.155 e. The van der Waals surface area contributed by atoms with E-state index in [4.69, 9.17) is 26.4 Å². The van der Waals surface area contributed by atoms with Gasteiger partial charge in [-0.2, -0.15) is 5.10 Å². The number of nitrogens with zero attached hydrogens (tertiary/aromatic N) is 5. The predicted octanol–water partition coefficient (Wildman–Crippen LogP) is 3.61. The molecule has 2 heterocycles. The number of hydrogen-bond acceptors (Lipinski definition) is 4. The van der Waals surface area contributed by atoms with Crippen molar-refractivity contribution in [1.29, 1.82) is 0 Å². The van der Waals surface area contributed by atoms with Gasteiger partial charge in [-0.15, -0.1) is 0 Å². The Bertz CT molecular complexity index is 854. The number of halogens is 1. The van der Waals surface area contributed by atoms with Crippen molar-refractivity contribution in [2.75, 3.05) is 7.11 Å². The van der Waals surface area contributed by atoms with Gasteiger partial charge in [0.25, 0.3) is 0 Å².